The molecular weight excluding hydrogens is 490 g/mol. The number of nitriles is 1. The second-order valence-corrected chi connectivity index (χ2v) is 7.95. The van der Waals surface area contributed by atoms with Crippen molar-refractivity contribution in [2.45, 2.75) is 0 Å². The number of hydrogen-bond donors (Lipinski definition) is 0. The van der Waals surface area contributed by atoms with Crippen molar-refractivity contribution < 1.29 is 14.8 Å². The van der Waals surface area contributed by atoms with E-state index in [4.69, 9.17) is 0 Å². The van der Waals surface area contributed by atoms with Crippen LogP contribution in [0.25, 0.3) is 11.6 Å². The molecule has 0 atom stereocenters. The van der Waals surface area contributed by atoms with E-state index in [1.54, 1.807) is 59.5 Å². The third-order valence-electron chi connectivity index (χ3n) is 5.61. The summed E-state index contributed by atoms with van der Waals surface area (Å²) in [4.78, 5) is 33.3. The molecule has 186 valence electrons. The lowest BCUT2D eigenvalue weighted by Gasteiger charge is -2.25. The molecule has 4 rings (SSSR count). The van der Waals surface area contributed by atoms with Gasteiger partial charge in [-0.15, -0.1) is 0 Å². The number of allylic oxidation sites excluding steroid dienone is 1. The van der Waals surface area contributed by atoms with E-state index in [-0.39, 0.29) is 17.1 Å². The molecule has 11 nitrogen and oxygen atoms in total. The highest BCUT2D eigenvalue weighted by Gasteiger charge is 2.16. The fraction of sp³-hybridized carbons (Fsp3) is 0. The summed E-state index contributed by atoms with van der Waals surface area (Å²) in [5.74, 6) is 0. The van der Waals surface area contributed by atoms with E-state index >= 15 is 0 Å². The Labute approximate surface area is 215 Å². The molecule has 0 saturated heterocycles. The molecule has 0 aromatic heterocycles. The largest absolute Gasteiger partial charge is 0.310 e. The first-order valence-electron chi connectivity index (χ1n) is 11.0. The number of nitro groups is 3. The minimum atomic E-state index is -0.514. The van der Waals surface area contributed by atoms with Gasteiger partial charge in [0.25, 0.3) is 17.1 Å². The van der Waals surface area contributed by atoms with Crippen LogP contribution in [0.2, 0.25) is 0 Å². The number of hydrogen-bond acceptors (Lipinski definition) is 8. The van der Waals surface area contributed by atoms with Crippen LogP contribution >= 0.6 is 0 Å². The summed E-state index contributed by atoms with van der Waals surface area (Å²) < 4.78 is 0. The molecule has 0 unspecified atom stereocenters. The van der Waals surface area contributed by atoms with Gasteiger partial charge in [-0.25, -0.2) is 0 Å². The van der Waals surface area contributed by atoms with Crippen LogP contribution in [0.15, 0.2) is 97.1 Å². The molecule has 0 aliphatic heterocycles. The van der Waals surface area contributed by atoms with Crippen molar-refractivity contribution in [3.63, 3.8) is 0 Å². The lowest BCUT2D eigenvalue weighted by Crippen LogP contribution is -2.10. The maximum atomic E-state index is 11.1. The van der Waals surface area contributed by atoms with Gasteiger partial charge >= 0.3 is 0 Å². The van der Waals surface area contributed by atoms with Crippen molar-refractivity contribution in [3.05, 3.63) is 139 Å². The lowest BCUT2D eigenvalue weighted by atomic mass is 10.0. The van der Waals surface area contributed by atoms with Gasteiger partial charge in [0.15, 0.2) is 0 Å². The highest BCUT2D eigenvalue weighted by atomic mass is 16.6. The van der Waals surface area contributed by atoms with Gasteiger partial charge in [-0.3, -0.25) is 30.3 Å². The summed E-state index contributed by atoms with van der Waals surface area (Å²) in [6.07, 6.45) is 1.65. The predicted molar refractivity (Wildman–Crippen MR) is 141 cm³/mol. The molecule has 4 aromatic carbocycles. The molecule has 0 fully saturated rings. The third kappa shape index (κ3) is 5.50. The molecule has 0 aliphatic rings. The Kier molecular flexibility index (Phi) is 7.16. The van der Waals surface area contributed by atoms with E-state index in [2.05, 4.69) is 6.07 Å². The van der Waals surface area contributed by atoms with Crippen LogP contribution in [0.1, 0.15) is 11.1 Å². The van der Waals surface area contributed by atoms with Crippen molar-refractivity contribution in [2.75, 3.05) is 4.90 Å². The molecule has 0 bridgehead atoms. The number of nitrogens with zero attached hydrogens (tertiary/aromatic N) is 5. The molecule has 4 aromatic rings. The van der Waals surface area contributed by atoms with Crippen LogP contribution in [-0.2, 0) is 0 Å². The van der Waals surface area contributed by atoms with Crippen molar-refractivity contribution in [3.8, 4) is 6.07 Å². The van der Waals surface area contributed by atoms with Crippen LogP contribution < -0.4 is 4.90 Å². The van der Waals surface area contributed by atoms with Crippen LogP contribution in [0.3, 0.4) is 0 Å². The van der Waals surface area contributed by atoms with Crippen molar-refractivity contribution in [2.24, 2.45) is 0 Å². The Morgan fingerprint density at radius 3 is 1.29 bits per heavy atom. The molecule has 0 radical (unpaired) electrons. The Morgan fingerprint density at radius 2 is 0.947 bits per heavy atom. The first-order chi connectivity index (χ1) is 18.3. The predicted octanol–water partition coefficient (Wildman–Crippen LogP) is 6.95. The monoisotopic (exact) mass is 507 g/mol. The summed E-state index contributed by atoms with van der Waals surface area (Å²) in [6, 6.07) is 26.7. The lowest BCUT2D eigenvalue weighted by molar-refractivity contribution is -0.385. The zero-order valence-electron chi connectivity index (χ0n) is 19.5. The molecule has 0 heterocycles. The maximum Gasteiger partial charge on any atom is 0.269 e. The standard InChI is InChI=1S/C27H17N5O6/c28-18-21(20-3-7-25(8-4-20)30(33)34)17-19-1-5-22(6-2-19)29(23-9-13-26(14-10-23)31(35)36)24-11-15-27(16-12-24)32(37)38/h1-17H. The summed E-state index contributed by atoms with van der Waals surface area (Å²) in [6.45, 7) is 0. The van der Waals surface area contributed by atoms with Crippen molar-refractivity contribution >= 4 is 45.8 Å². The van der Waals surface area contributed by atoms with E-state index < -0.39 is 14.8 Å². The highest BCUT2D eigenvalue weighted by molar-refractivity contribution is 5.90. The van der Waals surface area contributed by atoms with E-state index in [0.29, 0.717) is 33.8 Å². The zero-order chi connectivity index (χ0) is 27.2. The smallest absolute Gasteiger partial charge is 0.269 e. The SMILES string of the molecule is N#CC(=Cc1ccc(N(c2ccc([N+](=O)[O-])cc2)c2ccc([N+](=O)[O-])cc2)cc1)c1ccc([N+](=O)[O-])cc1. The molecular formula is C27H17N5O6. The number of non-ortho nitro benzene ring substituents is 3. The minimum Gasteiger partial charge on any atom is -0.310 e. The van der Waals surface area contributed by atoms with Crippen LogP contribution in [-0.4, -0.2) is 14.8 Å². The van der Waals surface area contributed by atoms with Crippen LogP contribution in [0, 0.1) is 41.7 Å². The average molecular weight is 507 g/mol. The summed E-state index contributed by atoms with van der Waals surface area (Å²) in [5, 5.41) is 42.7. The topological polar surface area (TPSA) is 156 Å². The summed E-state index contributed by atoms with van der Waals surface area (Å²) in [5.41, 5.74) is 3.16. The summed E-state index contributed by atoms with van der Waals surface area (Å²) in [7, 11) is 0. The van der Waals surface area contributed by atoms with Gasteiger partial charge in [-0.1, -0.05) is 12.1 Å². The van der Waals surface area contributed by atoms with Gasteiger partial charge in [0.2, 0.25) is 0 Å². The van der Waals surface area contributed by atoms with Gasteiger partial charge < -0.3 is 4.90 Å². The van der Waals surface area contributed by atoms with Crippen LogP contribution in [0.4, 0.5) is 34.1 Å². The van der Waals surface area contributed by atoms with Gasteiger partial charge in [0.1, 0.15) is 0 Å². The second kappa shape index (κ2) is 10.8. The molecule has 11 heteroatoms. The van der Waals surface area contributed by atoms with Crippen molar-refractivity contribution in [1.29, 1.82) is 5.26 Å². The fourth-order valence-electron chi connectivity index (χ4n) is 3.72. The fourth-order valence-corrected chi connectivity index (χ4v) is 3.72. The van der Waals surface area contributed by atoms with Gasteiger partial charge in [0.05, 0.1) is 26.4 Å². The Hall–Kier alpha value is -5.89. The molecule has 0 aliphatic carbocycles. The van der Waals surface area contributed by atoms with Gasteiger partial charge in [-0.2, -0.15) is 5.26 Å². The van der Waals surface area contributed by atoms with Crippen LogP contribution in [0.5, 0.6) is 0 Å². The van der Waals surface area contributed by atoms with Gasteiger partial charge in [0, 0.05) is 53.5 Å². The number of rotatable bonds is 8. The Morgan fingerprint density at radius 1 is 0.605 bits per heavy atom. The second-order valence-electron chi connectivity index (χ2n) is 7.95. The number of nitro benzene ring substituents is 3. The zero-order valence-corrected chi connectivity index (χ0v) is 19.5. The molecule has 0 spiro atoms. The number of benzene rings is 4. The Balaban J connectivity index is 1.70. The molecule has 38 heavy (non-hydrogen) atoms. The van der Waals surface area contributed by atoms with E-state index in [0.717, 1.165) is 0 Å². The first-order valence-corrected chi connectivity index (χ1v) is 11.0. The first kappa shape index (κ1) is 25.2. The Bertz CT molecular complexity index is 1520. The maximum absolute atomic E-state index is 11.1. The number of anilines is 3. The minimum absolute atomic E-state index is 0.0758. The van der Waals surface area contributed by atoms with Gasteiger partial charge in [-0.05, 0) is 65.7 Å². The normalized spacial score (nSPS) is 10.9. The van der Waals surface area contributed by atoms with Crippen molar-refractivity contribution in [1.82, 2.24) is 0 Å². The molecule has 0 amide bonds. The average Bonchev–Trinajstić information content (AvgIpc) is 2.93. The third-order valence-corrected chi connectivity index (χ3v) is 5.61. The van der Waals surface area contributed by atoms with E-state index in [1.807, 2.05) is 0 Å². The molecule has 0 saturated carbocycles. The summed E-state index contributed by atoms with van der Waals surface area (Å²) >= 11 is 0. The van der Waals surface area contributed by atoms with E-state index in [1.165, 1.54) is 48.5 Å². The van der Waals surface area contributed by atoms with E-state index in [9.17, 15) is 35.6 Å². The highest BCUT2D eigenvalue weighted by Crippen LogP contribution is 2.36. The molecule has 0 N–H and O–H groups in total. The quantitative estimate of drug-likeness (QED) is 0.107.